The van der Waals surface area contributed by atoms with Crippen molar-refractivity contribution < 1.29 is 4.74 Å². The SMILES string of the molecule is CC.COc1ccc(N)cc1/C=C/CC1CCCC1. The van der Waals surface area contributed by atoms with Gasteiger partial charge >= 0.3 is 0 Å². The van der Waals surface area contributed by atoms with Crippen LogP contribution in [0.3, 0.4) is 0 Å². The maximum absolute atomic E-state index is 5.79. The summed E-state index contributed by atoms with van der Waals surface area (Å²) in [4.78, 5) is 0. The van der Waals surface area contributed by atoms with Crippen LogP contribution in [0, 0.1) is 5.92 Å². The highest BCUT2D eigenvalue weighted by atomic mass is 16.5. The van der Waals surface area contributed by atoms with Gasteiger partial charge in [-0.2, -0.15) is 0 Å². The van der Waals surface area contributed by atoms with Gasteiger partial charge in [0, 0.05) is 11.3 Å². The van der Waals surface area contributed by atoms with Gasteiger partial charge < -0.3 is 10.5 Å². The molecular formula is C17H27NO. The second-order valence-corrected chi connectivity index (χ2v) is 4.79. The number of methoxy groups -OCH3 is 1. The second kappa shape index (κ2) is 8.63. The molecule has 1 fully saturated rings. The first-order valence-electron chi connectivity index (χ1n) is 7.39. The number of anilines is 1. The zero-order valence-corrected chi connectivity index (χ0v) is 12.5. The Balaban J connectivity index is 0.000000861. The van der Waals surface area contributed by atoms with Crippen LogP contribution in [0.15, 0.2) is 24.3 Å². The van der Waals surface area contributed by atoms with E-state index in [2.05, 4.69) is 12.2 Å². The minimum Gasteiger partial charge on any atom is -0.496 e. The largest absolute Gasteiger partial charge is 0.496 e. The van der Waals surface area contributed by atoms with E-state index in [1.807, 2.05) is 32.0 Å². The lowest BCUT2D eigenvalue weighted by Gasteiger charge is -2.06. The summed E-state index contributed by atoms with van der Waals surface area (Å²) in [6.45, 7) is 4.00. The summed E-state index contributed by atoms with van der Waals surface area (Å²) in [6.07, 6.45) is 11.1. The highest BCUT2D eigenvalue weighted by molar-refractivity contribution is 5.62. The molecule has 1 aromatic carbocycles. The van der Waals surface area contributed by atoms with E-state index in [4.69, 9.17) is 10.5 Å². The summed E-state index contributed by atoms with van der Waals surface area (Å²) in [7, 11) is 1.69. The highest BCUT2D eigenvalue weighted by Gasteiger charge is 2.12. The molecular weight excluding hydrogens is 234 g/mol. The molecule has 2 nitrogen and oxygen atoms in total. The lowest BCUT2D eigenvalue weighted by atomic mass is 10.0. The minimum atomic E-state index is 0.784. The van der Waals surface area contributed by atoms with E-state index in [-0.39, 0.29) is 0 Å². The highest BCUT2D eigenvalue weighted by Crippen LogP contribution is 2.29. The van der Waals surface area contributed by atoms with Gasteiger partial charge in [-0.1, -0.05) is 51.7 Å². The van der Waals surface area contributed by atoms with Crippen molar-refractivity contribution in [1.82, 2.24) is 0 Å². The molecule has 2 heteroatoms. The molecule has 0 bridgehead atoms. The smallest absolute Gasteiger partial charge is 0.126 e. The molecule has 0 aromatic heterocycles. The summed E-state index contributed by atoms with van der Waals surface area (Å²) >= 11 is 0. The number of nitrogens with two attached hydrogens (primary N) is 1. The fourth-order valence-electron chi connectivity index (χ4n) is 2.52. The van der Waals surface area contributed by atoms with Gasteiger partial charge in [-0.15, -0.1) is 0 Å². The molecule has 0 heterocycles. The number of allylic oxidation sites excluding steroid dienone is 1. The van der Waals surface area contributed by atoms with Crippen LogP contribution in [0.2, 0.25) is 0 Å². The third kappa shape index (κ3) is 4.98. The van der Waals surface area contributed by atoms with Crippen molar-refractivity contribution in [3.8, 4) is 5.75 Å². The topological polar surface area (TPSA) is 35.2 Å². The summed E-state index contributed by atoms with van der Waals surface area (Å²) in [5.74, 6) is 1.78. The van der Waals surface area contributed by atoms with Crippen LogP contribution < -0.4 is 10.5 Å². The molecule has 2 rings (SSSR count). The Bertz CT molecular complexity index is 392. The van der Waals surface area contributed by atoms with E-state index in [0.29, 0.717) is 0 Å². The van der Waals surface area contributed by atoms with Crippen molar-refractivity contribution in [1.29, 1.82) is 0 Å². The molecule has 0 saturated heterocycles. The number of benzene rings is 1. The molecule has 1 aliphatic rings. The summed E-state index contributed by atoms with van der Waals surface area (Å²) in [5.41, 5.74) is 7.64. The van der Waals surface area contributed by atoms with E-state index in [9.17, 15) is 0 Å². The van der Waals surface area contributed by atoms with Gasteiger partial charge in [-0.05, 0) is 30.5 Å². The number of nitrogen functional groups attached to an aromatic ring is 1. The first-order chi connectivity index (χ1) is 9.29. The fourth-order valence-corrected chi connectivity index (χ4v) is 2.52. The van der Waals surface area contributed by atoms with Gasteiger partial charge in [-0.3, -0.25) is 0 Å². The van der Waals surface area contributed by atoms with E-state index in [1.165, 1.54) is 32.1 Å². The lowest BCUT2D eigenvalue weighted by molar-refractivity contribution is 0.414. The lowest BCUT2D eigenvalue weighted by Crippen LogP contribution is -1.91. The normalized spacial score (nSPS) is 15.3. The second-order valence-electron chi connectivity index (χ2n) is 4.79. The van der Waals surface area contributed by atoms with Crippen LogP contribution in [-0.2, 0) is 0 Å². The van der Waals surface area contributed by atoms with Gasteiger partial charge in [0.25, 0.3) is 0 Å². The Morgan fingerprint density at radius 2 is 1.95 bits per heavy atom. The predicted octanol–water partition coefficient (Wildman–Crippen LogP) is 4.90. The minimum absolute atomic E-state index is 0.784. The first kappa shape index (κ1) is 15.6. The molecule has 1 aliphatic carbocycles. The third-order valence-corrected chi connectivity index (χ3v) is 3.50. The van der Waals surface area contributed by atoms with Crippen LogP contribution >= 0.6 is 0 Å². The summed E-state index contributed by atoms with van der Waals surface area (Å²) < 4.78 is 5.32. The van der Waals surface area contributed by atoms with Crippen molar-refractivity contribution in [2.75, 3.05) is 12.8 Å². The van der Waals surface area contributed by atoms with Crippen LogP contribution in [-0.4, -0.2) is 7.11 Å². The van der Waals surface area contributed by atoms with Crippen LogP contribution in [0.1, 0.15) is 51.5 Å². The van der Waals surface area contributed by atoms with Crippen molar-refractivity contribution in [3.05, 3.63) is 29.8 Å². The molecule has 0 radical (unpaired) electrons. The standard InChI is InChI=1S/C15H21NO.C2H6/c1-17-15-10-9-14(16)11-13(15)8-4-7-12-5-2-3-6-12;1-2/h4,8-12H,2-3,5-7,16H2,1H3;1-2H3/b8-4+;. The van der Waals surface area contributed by atoms with Crippen LogP contribution in [0.4, 0.5) is 5.69 Å². The predicted molar refractivity (Wildman–Crippen MR) is 84.4 cm³/mol. The van der Waals surface area contributed by atoms with Crippen molar-refractivity contribution in [3.63, 3.8) is 0 Å². The molecule has 0 unspecified atom stereocenters. The van der Waals surface area contributed by atoms with Crippen molar-refractivity contribution in [2.24, 2.45) is 5.92 Å². The Labute approximate surface area is 117 Å². The molecule has 0 aliphatic heterocycles. The fraction of sp³-hybridized carbons (Fsp3) is 0.529. The van der Waals surface area contributed by atoms with Gasteiger partial charge in [0.1, 0.15) is 5.75 Å². The zero-order chi connectivity index (χ0) is 14.1. The van der Waals surface area contributed by atoms with E-state index < -0.39 is 0 Å². The molecule has 106 valence electrons. The van der Waals surface area contributed by atoms with E-state index >= 15 is 0 Å². The molecule has 0 amide bonds. The Morgan fingerprint density at radius 1 is 1.26 bits per heavy atom. The molecule has 0 atom stereocenters. The van der Waals surface area contributed by atoms with Crippen molar-refractivity contribution >= 4 is 11.8 Å². The maximum atomic E-state index is 5.79. The Hall–Kier alpha value is -1.44. The average molecular weight is 261 g/mol. The zero-order valence-electron chi connectivity index (χ0n) is 12.5. The third-order valence-electron chi connectivity index (χ3n) is 3.50. The molecule has 1 saturated carbocycles. The van der Waals surface area contributed by atoms with E-state index in [1.54, 1.807) is 7.11 Å². The van der Waals surface area contributed by atoms with E-state index in [0.717, 1.165) is 22.9 Å². The quantitative estimate of drug-likeness (QED) is 0.783. The van der Waals surface area contributed by atoms with Gasteiger partial charge in [0.15, 0.2) is 0 Å². The Morgan fingerprint density at radius 3 is 2.58 bits per heavy atom. The van der Waals surface area contributed by atoms with Crippen LogP contribution in [0.5, 0.6) is 5.75 Å². The maximum Gasteiger partial charge on any atom is 0.126 e. The molecule has 2 N–H and O–H groups in total. The number of hydrogen-bond donors (Lipinski definition) is 1. The molecule has 1 aromatic rings. The van der Waals surface area contributed by atoms with Gasteiger partial charge in [0.05, 0.1) is 7.11 Å². The van der Waals surface area contributed by atoms with Crippen molar-refractivity contribution in [2.45, 2.75) is 46.0 Å². The van der Waals surface area contributed by atoms with Crippen LogP contribution in [0.25, 0.3) is 6.08 Å². The summed E-state index contributed by atoms with van der Waals surface area (Å²) in [6, 6.07) is 5.75. The molecule has 19 heavy (non-hydrogen) atoms. The number of hydrogen-bond acceptors (Lipinski definition) is 2. The Kier molecular flexibility index (Phi) is 7.09. The average Bonchev–Trinajstić information content (AvgIpc) is 2.95. The van der Waals surface area contributed by atoms with Gasteiger partial charge in [0.2, 0.25) is 0 Å². The monoisotopic (exact) mass is 261 g/mol. The van der Waals surface area contributed by atoms with Gasteiger partial charge in [-0.25, -0.2) is 0 Å². The number of ether oxygens (including phenoxy) is 1. The molecule has 0 spiro atoms. The first-order valence-corrected chi connectivity index (χ1v) is 7.39. The summed E-state index contributed by atoms with van der Waals surface area (Å²) in [5, 5.41) is 0. The number of rotatable bonds is 4.